The first-order valence-electron chi connectivity index (χ1n) is 5.34. The molecule has 0 fully saturated rings. The molecule has 0 aliphatic heterocycles. The molecule has 0 radical (unpaired) electrons. The van der Waals surface area contributed by atoms with Crippen molar-refractivity contribution in [3.8, 4) is 0 Å². The minimum absolute atomic E-state index is 0.505. The van der Waals surface area contributed by atoms with Gasteiger partial charge in [0.15, 0.2) is 0 Å². The minimum Gasteiger partial charge on any atom is -0.545 e. The molecule has 0 bridgehead atoms. The van der Waals surface area contributed by atoms with E-state index in [2.05, 4.69) is 5.32 Å². The number of aliphatic carboxylic acids is 1. The summed E-state index contributed by atoms with van der Waals surface area (Å²) in [7, 11) is 0. The van der Waals surface area contributed by atoms with Crippen molar-refractivity contribution in [3.05, 3.63) is 54.6 Å². The molecule has 0 spiro atoms. The first-order chi connectivity index (χ1) is 8.65. The van der Waals surface area contributed by atoms with Gasteiger partial charge in [-0.3, -0.25) is 4.79 Å². The van der Waals surface area contributed by atoms with E-state index < -0.39 is 11.9 Å². The summed E-state index contributed by atoms with van der Waals surface area (Å²) in [6, 6.07) is 13.2. The van der Waals surface area contributed by atoms with Crippen molar-refractivity contribution < 1.29 is 14.7 Å². The van der Waals surface area contributed by atoms with Crippen LogP contribution < -0.4 is 10.4 Å². The number of rotatable bonds is 3. The maximum Gasteiger partial charge on any atom is 0.248 e. The zero-order chi connectivity index (χ0) is 13.0. The third-order valence-electron chi connectivity index (χ3n) is 2.39. The zero-order valence-electron chi connectivity index (χ0n) is 9.42. The molecule has 0 aliphatic carbocycles. The molecule has 2 aromatic rings. The van der Waals surface area contributed by atoms with Gasteiger partial charge in [-0.2, -0.15) is 0 Å². The molecule has 0 aliphatic rings. The fraction of sp³-hybridized carbons (Fsp3) is 0. The Bertz CT molecular complexity index is 632. The number of hydrogen-bond acceptors (Lipinski definition) is 3. The van der Waals surface area contributed by atoms with Crippen LogP contribution in [0.15, 0.2) is 54.6 Å². The molecule has 1 amide bonds. The second-order valence-corrected chi connectivity index (χ2v) is 3.70. The third kappa shape index (κ3) is 2.95. The Morgan fingerprint density at radius 2 is 1.72 bits per heavy atom. The molecule has 0 heterocycles. The van der Waals surface area contributed by atoms with Crippen LogP contribution in [0, 0.1) is 0 Å². The predicted octanol–water partition coefficient (Wildman–Crippen LogP) is 1.08. The Hall–Kier alpha value is -2.62. The van der Waals surface area contributed by atoms with Crippen LogP contribution in [-0.4, -0.2) is 11.9 Å². The lowest BCUT2D eigenvalue weighted by molar-refractivity contribution is -0.297. The average molecular weight is 240 g/mol. The van der Waals surface area contributed by atoms with Crippen LogP contribution in [0.1, 0.15) is 0 Å². The van der Waals surface area contributed by atoms with E-state index in [1.807, 2.05) is 36.4 Å². The fourth-order valence-electron chi connectivity index (χ4n) is 1.59. The molecule has 4 heteroatoms. The zero-order valence-corrected chi connectivity index (χ0v) is 9.42. The van der Waals surface area contributed by atoms with Crippen molar-refractivity contribution in [2.75, 3.05) is 5.32 Å². The predicted molar refractivity (Wildman–Crippen MR) is 66.7 cm³/mol. The van der Waals surface area contributed by atoms with Crippen molar-refractivity contribution in [1.82, 2.24) is 0 Å². The summed E-state index contributed by atoms with van der Waals surface area (Å²) in [4.78, 5) is 21.5. The molecule has 0 atom stereocenters. The standard InChI is InChI=1S/C14H11NO3/c16-13(7-8-14(17)18)15-12-6-5-10-3-1-2-4-11(10)9-12/h1-9H,(H,15,16)(H,17,18)/p-1/b8-7-. The highest BCUT2D eigenvalue weighted by molar-refractivity contribution is 6.03. The van der Waals surface area contributed by atoms with E-state index in [0.717, 1.165) is 16.8 Å². The van der Waals surface area contributed by atoms with E-state index in [0.29, 0.717) is 11.8 Å². The highest BCUT2D eigenvalue weighted by Gasteiger charge is 1.99. The van der Waals surface area contributed by atoms with Gasteiger partial charge < -0.3 is 15.2 Å². The van der Waals surface area contributed by atoms with Gasteiger partial charge in [-0.25, -0.2) is 0 Å². The Morgan fingerprint density at radius 1 is 1.00 bits per heavy atom. The van der Waals surface area contributed by atoms with Crippen LogP contribution in [0.4, 0.5) is 5.69 Å². The minimum atomic E-state index is -1.40. The van der Waals surface area contributed by atoms with Crippen molar-refractivity contribution in [2.45, 2.75) is 0 Å². The average Bonchev–Trinajstić information content (AvgIpc) is 2.36. The van der Waals surface area contributed by atoms with Crippen molar-refractivity contribution in [2.24, 2.45) is 0 Å². The van der Waals surface area contributed by atoms with Gasteiger partial charge in [0.2, 0.25) is 5.91 Å². The third-order valence-corrected chi connectivity index (χ3v) is 2.39. The molecule has 2 aromatic carbocycles. The lowest BCUT2D eigenvalue weighted by Gasteiger charge is -2.04. The normalized spacial score (nSPS) is 10.7. The monoisotopic (exact) mass is 240 g/mol. The number of carboxylic acid groups (broad SMARTS) is 1. The Labute approximate surface area is 104 Å². The number of carbonyl (C=O) groups excluding carboxylic acids is 2. The Morgan fingerprint density at radius 3 is 2.44 bits per heavy atom. The number of amides is 1. The number of anilines is 1. The summed E-state index contributed by atoms with van der Waals surface area (Å²) in [6.07, 6.45) is 1.61. The fourth-order valence-corrected chi connectivity index (χ4v) is 1.59. The smallest absolute Gasteiger partial charge is 0.248 e. The molecule has 18 heavy (non-hydrogen) atoms. The molecule has 0 saturated heterocycles. The number of carboxylic acids is 1. The van der Waals surface area contributed by atoms with Crippen LogP contribution in [0.25, 0.3) is 10.8 Å². The molecule has 1 N–H and O–H groups in total. The van der Waals surface area contributed by atoms with Gasteiger partial charge in [0.1, 0.15) is 0 Å². The van der Waals surface area contributed by atoms with Gasteiger partial charge >= 0.3 is 0 Å². The van der Waals surface area contributed by atoms with Crippen LogP contribution in [0.3, 0.4) is 0 Å². The summed E-state index contributed by atoms with van der Waals surface area (Å²) >= 11 is 0. The molecule has 0 aromatic heterocycles. The van der Waals surface area contributed by atoms with E-state index in [-0.39, 0.29) is 0 Å². The van der Waals surface area contributed by atoms with Crippen molar-refractivity contribution in [1.29, 1.82) is 0 Å². The molecular formula is C14H10NO3-. The highest BCUT2D eigenvalue weighted by Crippen LogP contribution is 2.18. The van der Waals surface area contributed by atoms with Gasteiger partial charge in [-0.05, 0) is 29.0 Å². The summed E-state index contributed by atoms with van der Waals surface area (Å²) in [5.41, 5.74) is 0.613. The van der Waals surface area contributed by atoms with E-state index in [9.17, 15) is 14.7 Å². The molecule has 4 nitrogen and oxygen atoms in total. The number of carbonyl (C=O) groups is 2. The topological polar surface area (TPSA) is 69.2 Å². The largest absolute Gasteiger partial charge is 0.545 e. The quantitative estimate of drug-likeness (QED) is 0.816. The molecular weight excluding hydrogens is 230 g/mol. The second kappa shape index (κ2) is 5.14. The first kappa shape index (κ1) is 11.9. The van der Waals surface area contributed by atoms with Crippen LogP contribution in [0.5, 0.6) is 0 Å². The van der Waals surface area contributed by atoms with Gasteiger partial charge in [-0.15, -0.1) is 0 Å². The van der Waals surface area contributed by atoms with Crippen molar-refractivity contribution in [3.63, 3.8) is 0 Å². The summed E-state index contributed by atoms with van der Waals surface area (Å²) in [6.45, 7) is 0. The number of nitrogens with one attached hydrogen (secondary N) is 1. The van der Waals surface area contributed by atoms with E-state index >= 15 is 0 Å². The van der Waals surface area contributed by atoms with Gasteiger partial charge in [0, 0.05) is 11.8 Å². The summed E-state index contributed by atoms with van der Waals surface area (Å²) in [5, 5.41) is 14.8. The van der Waals surface area contributed by atoms with E-state index in [4.69, 9.17) is 0 Å². The van der Waals surface area contributed by atoms with Crippen LogP contribution in [-0.2, 0) is 9.59 Å². The first-order valence-corrected chi connectivity index (χ1v) is 5.34. The van der Waals surface area contributed by atoms with Gasteiger partial charge in [0.05, 0.1) is 5.97 Å². The van der Waals surface area contributed by atoms with Crippen LogP contribution >= 0.6 is 0 Å². The lowest BCUT2D eigenvalue weighted by Crippen LogP contribution is -2.20. The lowest BCUT2D eigenvalue weighted by atomic mass is 10.1. The Balaban J connectivity index is 2.17. The molecule has 2 rings (SSSR count). The van der Waals surface area contributed by atoms with Crippen LogP contribution in [0.2, 0.25) is 0 Å². The maximum absolute atomic E-state index is 11.4. The van der Waals surface area contributed by atoms with Crippen molar-refractivity contribution >= 4 is 28.3 Å². The molecule has 0 saturated carbocycles. The summed E-state index contributed by atoms with van der Waals surface area (Å²) in [5.74, 6) is -1.90. The SMILES string of the molecule is O=C([O-])/C=C\C(=O)Nc1ccc2ccccc2c1. The summed E-state index contributed by atoms with van der Waals surface area (Å²) < 4.78 is 0. The number of fused-ring (bicyclic) bond motifs is 1. The number of hydrogen-bond donors (Lipinski definition) is 1. The second-order valence-electron chi connectivity index (χ2n) is 3.70. The highest BCUT2D eigenvalue weighted by atomic mass is 16.4. The number of benzene rings is 2. The molecule has 0 unspecified atom stereocenters. The van der Waals surface area contributed by atoms with Gasteiger partial charge in [-0.1, -0.05) is 30.3 Å². The van der Waals surface area contributed by atoms with E-state index in [1.54, 1.807) is 6.07 Å². The Kier molecular flexibility index (Phi) is 3.38. The molecule has 90 valence electrons. The van der Waals surface area contributed by atoms with E-state index in [1.165, 1.54) is 0 Å². The van der Waals surface area contributed by atoms with Gasteiger partial charge in [0.25, 0.3) is 0 Å². The maximum atomic E-state index is 11.4.